The maximum Gasteiger partial charge on any atom is 0.0654 e. The summed E-state index contributed by atoms with van der Waals surface area (Å²) in [6.45, 7) is 4.33. The number of nitrogens with zero attached hydrogens (tertiary/aromatic N) is 1. The second kappa shape index (κ2) is 6.99. The Morgan fingerprint density at radius 1 is 1.18 bits per heavy atom. The number of aromatic amines is 2. The quantitative estimate of drug-likeness (QED) is 0.588. The lowest BCUT2D eigenvalue weighted by atomic mass is 10.1. The fourth-order valence-electron chi connectivity index (χ4n) is 3.31. The van der Waals surface area contributed by atoms with Crippen molar-refractivity contribution in [3.8, 4) is 11.4 Å². The molecular weight excluding hydrogens is 270 g/mol. The molecule has 0 amide bonds. The Balaban J connectivity index is 1.74. The zero-order valence-corrected chi connectivity index (χ0v) is 13.8. The van der Waals surface area contributed by atoms with Crippen molar-refractivity contribution in [2.24, 2.45) is 4.99 Å². The number of aliphatic imine (C=N–C) groups is 1. The third kappa shape index (κ3) is 3.52. The minimum atomic E-state index is 0.520. The second-order valence-corrected chi connectivity index (χ2v) is 6.48. The molecule has 1 saturated carbocycles. The van der Waals surface area contributed by atoms with E-state index in [0.717, 1.165) is 12.1 Å². The third-order valence-electron chi connectivity index (χ3n) is 4.71. The van der Waals surface area contributed by atoms with E-state index in [4.69, 9.17) is 4.99 Å². The van der Waals surface area contributed by atoms with Gasteiger partial charge in [-0.15, -0.1) is 0 Å². The Morgan fingerprint density at radius 3 is 2.64 bits per heavy atom. The molecule has 0 bridgehead atoms. The third-order valence-corrected chi connectivity index (χ3v) is 4.71. The molecule has 22 heavy (non-hydrogen) atoms. The van der Waals surface area contributed by atoms with Gasteiger partial charge in [-0.25, -0.2) is 0 Å². The van der Waals surface area contributed by atoms with E-state index < -0.39 is 0 Å². The molecule has 0 unspecified atom stereocenters. The summed E-state index contributed by atoms with van der Waals surface area (Å²) in [5, 5.41) is 0. The van der Waals surface area contributed by atoms with Gasteiger partial charge in [0.1, 0.15) is 0 Å². The Morgan fingerprint density at radius 2 is 1.95 bits per heavy atom. The van der Waals surface area contributed by atoms with Crippen LogP contribution in [0.25, 0.3) is 11.4 Å². The number of hydrogen-bond acceptors (Lipinski definition) is 1. The van der Waals surface area contributed by atoms with Gasteiger partial charge in [0, 0.05) is 12.4 Å². The molecule has 0 atom stereocenters. The predicted molar refractivity (Wildman–Crippen MR) is 93.8 cm³/mol. The monoisotopic (exact) mass is 297 g/mol. The number of H-pyrrole nitrogens is 2. The molecule has 0 radical (unpaired) electrons. The molecule has 2 N–H and O–H groups in total. The van der Waals surface area contributed by atoms with Crippen molar-refractivity contribution in [2.45, 2.75) is 64.8 Å². The van der Waals surface area contributed by atoms with Crippen molar-refractivity contribution in [2.75, 3.05) is 0 Å². The Bertz CT molecular complexity index is 625. The minimum Gasteiger partial charge on any atom is -0.360 e. The van der Waals surface area contributed by atoms with E-state index in [9.17, 15) is 0 Å². The van der Waals surface area contributed by atoms with Gasteiger partial charge in [0.2, 0.25) is 0 Å². The van der Waals surface area contributed by atoms with Crippen molar-refractivity contribution in [3.05, 3.63) is 35.2 Å². The van der Waals surface area contributed by atoms with Gasteiger partial charge >= 0.3 is 0 Å². The topological polar surface area (TPSA) is 43.9 Å². The van der Waals surface area contributed by atoms with Crippen LogP contribution in [0.4, 0.5) is 0 Å². The minimum absolute atomic E-state index is 0.520. The fourth-order valence-corrected chi connectivity index (χ4v) is 3.31. The van der Waals surface area contributed by atoms with Crippen LogP contribution in [0, 0.1) is 6.92 Å². The van der Waals surface area contributed by atoms with Gasteiger partial charge in [-0.1, -0.05) is 32.6 Å². The first kappa shape index (κ1) is 15.1. The summed E-state index contributed by atoms with van der Waals surface area (Å²) in [4.78, 5) is 11.7. The highest BCUT2D eigenvalue weighted by Gasteiger charge is 2.11. The van der Waals surface area contributed by atoms with Crippen molar-refractivity contribution < 1.29 is 0 Å². The summed E-state index contributed by atoms with van der Waals surface area (Å²) < 4.78 is 0. The van der Waals surface area contributed by atoms with Crippen LogP contribution in [0.15, 0.2) is 23.3 Å². The number of hydrogen-bond donors (Lipinski definition) is 2. The summed E-state index contributed by atoms with van der Waals surface area (Å²) in [6, 6.07) is 4.94. The van der Waals surface area contributed by atoms with Crippen LogP contribution in [0.3, 0.4) is 0 Å². The lowest BCUT2D eigenvalue weighted by Crippen LogP contribution is -2.02. The zero-order valence-electron chi connectivity index (χ0n) is 13.8. The molecular formula is C19H27N3. The normalized spacial score (nSPS) is 17.2. The van der Waals surface area contributed by atoms with Gasteiger partial charge in [-0.2, -0.15) is 0 Å². The molecule has 0 spiro atoms. The van der Waals surface area contributed by atoms with E-state index >= 15 is 0 Å². The largest absolute Gasteiger partial charge is 0.360 e. The zero-order chi connectivity index (χ0) is 15.4. The average Bonchev–Trinajstić information content (AvgIpc) is 3.04. The van der Waals surface area contributed by atoms with Crippen LogP contribution in [0.1, 0.15) is 62.3 Å². The molecule has 2 heterocycles. The highest BCUT2D eigenvalue weighted by molar-refractivity contribution is 5.80. The summed E-state index contributed by atoms with van der Waals surface area (Å²) >= 11 is 0. The van der Waals surface area contributed by atoms with Crippen LogP contribution in [-0.4, -0.2) is 22.2 Å². The molecule has 118 valence electrons. The van der Waals surface area contributed by atoms with E-state index in [1.165, 1.54) is 61.0 Å². The lowest BCUT2D eigenvalue weighted by Gasteiger charge is -2.06. The molecule has 0 aliphatic heterocycles. The fraction of sp³-hybridized carbons (Fsp3) is 0.526. The Labute approximate surface area is 133 Å². The van der Waals surface area contributed by atoms with Crippen LogP contribution in [-0.2, 0) is 6.42 Å². The van der Waals surface area contributed by atoms with Gasteiger partial charge in [0.15, 0.2) is 0 Å². The van der Waals surface area contributed by atoms with Gasteiger partial charge in [0.05, 0.1) is 23.1 Å². The van der Waals surface area contributed by atoms with Gasteiger partial charge < -0.3 is 9.97 Å². The van der Waals surface area contributed by atoms with Crippen LogP contribution >= 0.6 is 0 Å². The Hall–Kier alpha value is -1.77. The summed E-state index contributed by atoms with van der Waals surface area (Å²) in [5.41, 5.74) is 6.08. The molecule has 1 fully saturated rings. The highest BCUT2D eigenvalue weighted by atomic mass is 14.8. The molecule has 1 aliphatic carbocycles. The first-order valence-corrected chi connectivity index (χ1v) is 8.66. The van der Waals surface area contributed by atoms with E-state index in [0.29, 0.717) is 6.04 Å². The van der Waals surface area contributed by atoms with E-state index in [2.05, 4.69) is 42.1 Å². The van der Waals surface area contributed by atoms with Crippen molar-refractivity contribution >= 4 is 6.21 Å². The standard InChI is InChI=1S/C19H27N3/c1-3-15-11-18(21-12-15)19-14(2)10-17(22-19)13-20-16-8-6-4-5-7-9-16/h10-13,16,21-22H,3-9H2,1-2H3. The SMILES string of the molecule is CCc1c[nH]c(-c2[nH]c(C=NC3CCCCCC3)cc2C)c1. The number of aryl methyl sites for hydroxylation is 2. The second-order valence-electron chi connectivity index (χ2n) is 6.48. The van der Waals surface area contributed by atoms with Crippen molar-refractivity contribution in [1.29, 1.82) is 0 Å². The first-order chi connectivity index (χ1) is 10.8. The van der Waals surface area contributed by atoms with Crippen molar-refractivity contribution in [3.63, 3.8) is 0 Å². The van der Waals surface area contributed by atoms with Crippen LogP contribution in [0.2, 0.25) is 0 Å². The molecule has 3 rings (SSSR count). The molecule has 2 aromatic rings. The van der Waals surface area contributed by atoms with E-state index in [1.807, 2.05) is 6.21 Å². The highest BCUT2D eigenvalue weighted by Crippen LogP contribution is 2.23. The predicted octanol–water partition coefficient (Wildman–Crippen LogP) is 5.02. The molecule has 0 aromatic carbocycles. The maximum atomic E-state index is 4.82. The summed E-state index contributed by atoms with van der Waals surface area (Å²) in [7, 11) is 0. The van der Waals surface area contributed by atoms with Crippen LogP contribution < -0.4 is 0 Å². The number of aromatic nitrogens is 2. The van der Waals surface area contributed by atoms with Crippen molar-refractivity contribution in [1.82, 2.24) is 9.97 Å². The summed E-state index contributed by atoms with van der Waals surface area (Å²) in [5.74, 6) is 0. The number of rotatable bonds is 4. The molecule has 1 aliphatic rings. The van der Waals surface area contributed by atoms with E-state index in [-0.39, 0.29) is 0 Å². The van der Waals surface area contributed by atoms with Gasteiger partial charge in [0.25, 0.3) is 0 Å². The lowest BCUT2D eigenvalue weighted by molar-refractivity contribution is 0.588. The van der Waals surface area contributed by atoms with Gasteiger partial charge in [-0.05, 0) is 49.4 Å². The molecule has 0 saturated heterocycles. The molecule has 3 nitrogen and oxygen atoms in total. The average molecular weight is 297 g/mol. The van der Waals surface area contributed by atoms with E-state index in [1.54, 1.807) is 0 Å². The molecule has 3 heteroatoms. The first-order valence-electron chi connectivity index (χ1n) is 8.66. The van der Waals surface area contributed by atoms with Crippen LogP contribution in [0.5, 0.6) is 0 Å². The number of nitrogens with one attached hydrogen (secondary N) is 2. The van der Waals surface area contributed by atoms with Gasteiger partial charge in [-0.3, -0.25) is 4.99 Å². The Kier molecular flexibility index (Phi) is 4.81. The smallest absolute Gasteiger partial charge is 0.0654 e. The maximum absolute atomic E-state index is 4.82. The summed E-state index contributed by atoms with van der Waals surface area (Å²) in [6.07, 6.45) is 13.1. The molecule has 2 aromatic heterocycles.